The van der Waals surface area contributed by atoms with Crippen molar-refractivity contribution in [3.8, 4) is 11.5 Å². The molecule has 0 saturated carbocycles. The second-order valence-corrected chi connectivity index (χ2v) is 7.02. The summed E-state index contributed by atoms with van der Waals surface area (Å²) in [4.78, 5) is 21.3. The SMILES string of the molecule is Cc1ccn2c(C(=O)N3CCN(Cc4ccc5c(c4)OCO5)CC3)nnc2n1. The fourth-order valence-corrected chi connectivity index (χ4v) is 3.57. The van der Waals surface area contributed by atoms with Gasteiger partial charge in [0.1, 0.15) is 0 Å². The van der Waals surface area contributed by atoms with Crippen molar-refractivity contribution in [3.63, 3.8) is 0 Å². The number of hydrogen-bond acceptors (Lipinski definition) is 7. The zero-order valence-corrected chi connectivity index (χ0v) is 15.5. The Kier molecular flexibility index (Phi) is 4.09. The van der Waals surface area contributed by atoms with Crippen LogP contribution < -0.4 is 9.47 Å². The molecular formula is C19H20N6O3. The van der Waals surface area contributed by atoms with Crippen molar-refractivity contribution in [2.75, 3.05) is 33.0 Å². The Morgan fingerprint density at radius 2 is 1.89 bits per heavy atom. The second kappa shape index (κ2) is 6.75. The number of rotatable bonds is 3. The van der Waals surface area contributed by atoms with Crippen molar-refractivity contribution in [2.24, 2.45) is 0 Å². The minimum Gasteiger partial charge on any atom is -0.454 e. The Morgan fingerprint density at radius 3 is 2.75 bits per heavy atom. The first-order valence-corrected chi connectivity index (χ1v) is 9.26. The highest BCUT2D eigenvalue weighted by molar-refractivity contribution is 5.91. The predicted molar refractivity (Wildman–Crippen MR) is 99.3 cm³/mol. The molecule has 2 aliphatic heterocycles. The first-order valence-electron chi connectivity index (χ1n) is 9.26. The number of aromatic nitrogens is 4. The minimum absolute atomic E-state index is 0.110. The topological polar surface area (TPSA) is 85.1 Å². The van der Waals surface area contributed by atoms with Gasteiger partial charge in [0.05, 0.1) is 0 Å². The number of ether oxygens (including phenoxy) is 2. The third-order valence-corrected chi connectivity index (χ3v) is 5.11. The van der Waals surface area contributed by atoms with Gasteiger partial charge in [-0.2, -0.15) is 0 Å². The van der Waals surface area contributed by atoms with Gasteiger partial charge in [0.2, 0.25) is 12.6 Å². The fourth-order valence-electron chi connectivity index (χ4n) is 3.57. The number of carbonyl (C=O) groups is 1. The van der Waals surface area contributed by atoms with Crippen LogP contribution in [0.25, 0.3) is 5.78 Å². The van der Waals surface area contributed by atoms with E-state index in [0.717, 1.165) is 36.8 Å². The molecule has 1 amide bonds. The summed E-state index contributed by atoms with van der Waals surface area (Å²) in [7, 11) is 0. The molecule has 144 valence electrons. The Bertz CT molecular complexity index is 1040. The molecule has 0 atom stereocenters. The molecule has 0 bridgehead atoms. The van der Waals surface area contributed by atoms with E-state index < -0.39 is 0 Å². The number of amides is 1. The van der Waals surface area contributed by atoms with E-state index in [-0.39, 0.29) is 12.7 Å². The number of piperazine rings is 1. The molecule has 0 N–H and O–H groups in total. The smallest absolute Gasteiger partial charge is 0.292 e. The summed E-state index contributed by atoms with van der Waals surface area (Å²) in [5.41, 5.74) is 2.02. The van der Waals surface area contributed by atoms with Crippen LogP contribution in [0.3, 0.4) is 0 Å². The molecule has 9 nitrogen and oxygen atoms in total. The molecular weight excluding hydrogens is 360 g/mol. The summed E-state index contributed by atoms with van der Waals surface area (Å²) in [5, 5.41) is 8.07. The van der Waals surface area contributed by atoms with Crippen molar-refractivity contribution in [1.82, 2.24) is 29.4 Å². The van der Waals surface area contributed by atoms with Crippen LogP contribution in [0.1, 0.15) is 21.9 Å². The van der Waals surface area contributed by atoms with Gasteiger partial charge in [-0.3, -0.25) is 14.1 Å². The molecule has 4 heterocycles. The number of nitrogens with zero attached hydrogens (tertiary/aromatic N) is 6. The first-order chi connectivity index (χ1) is 13.7. The van der Waals surface area contributed by atoms with Gasteiger partial charge in [-0.05, 0) is 30.7 Å². The number of hydrogen-bond donors (Lipinski definition) is 0. The highest BCUT2D eigenvalue weighted by Crippen LogP contribution is 2.32. The Hall–Kier alpha value is -3.20. The van der Waals surface area contributed by atoms with E-state index in [9.17, 15) is 4.79 Å². The largest absolute Gasteiger partial charge is 0.454 e. The van der Waals surface area contributed by atoms with Gasteiger partial charge in [-0.1, -0.05) is 6.07 Å². The summed E-state index contributed by atoms with van der Waals surface area (Å²) in [6.07, 6.45) is 1.79. The van der Waals surface area contributed by atoms with Crippen LogP contribution in [0.4, 0.5) is 0 Å². The highest BCUT2D eigenvalue weighted by Gasteiger charge is 2.26. The molecule has 0 radical (unpaired) electrons. The van der Waals surface area contributed by atoms with E-state index in [1.54, 1.807) is 10.6 Å². The van der Waals surface area contributed by atoms with E-state index in [4.69, 9.17) is 9.47 Å². The number of benzene rings is 1. The number of carbonyl (C=O) groups excluding carboxylic acids is 1. The maximum absolute atomic E-state index is 12.9. The van der Waals surface area contributed by atoms with Gasteiger partial charge in [0.15, 0.2) is 11.5 Å². The second-order valence-electron chi connectivity index (χ2n) is 7.02. The summed E-state index contributed by atoms with van der Waals surface area (Å²) < 4.78 is 12.5. The van der Waals surface area contributed by atoms with Crippen LogP contribution in [-0.2, 0) is 6.54 Å². The normalized spacial score (nSPS) is 16.7. The molecule has 5 rings (SSSR count). The zero-order valence-electron chi connectivity index (χ0n) is 15.5. The fraction of sp³-hybridized carbons (Fsp3) is 0.368. The average molecular weight is 380 g/mol. The maximum Gasteiger partial charge on any atom is 0.292 e. The third-order valence-electron chi connectivity index (χ3n) is 5.11. The lowest BCUT2D eigenvalue weighted by Crippen LogP contribution is -2.48. The van der Waals surface area contributed by atoms with Gasteiger partial charge in [-0.15, -0.1) is 10.2 Å². The van der Waals surface area contributed by atoms with Gasteiger partial charge in [0, 0.05) is 44.6 Å². The summed E-state index contributed by atoms with van der Waals surface area (Å²) in [6, 6.07) is 7.87. The van der Waals surface area contributed by atoms with Crippen LogP contribution in [-0.4, -0.2) is 68.3 Å². The highest BCUT2D eigenvalue weighted by atomic mass is 16.7. The monoisotopic (exact) mass is 380 g/mol. The molecule has 1 fully saturated rings. The van der Waals surface area contributed by atoms with Crippen LogP contribution in [0.15, 0.2) is 30.5 Å². The van der Waals surface area contributed by atoms with Crippen LogP contribution in [0, 0.1) is 6.92 Å². The lowest BCUT2D eigenvalue weighted by Gasteiger charge is -2.34. The van der Waals surface area contributed by atoms with Crippen LogP contribution in [0.2, 0.25) is 0 Å². The van der Waals surface area contributed by atoms with Gasteiger partial charge >= 0.3 is 0 Å². The number of fused-ring (bicyclic) bond motifs is 2. The molecule has 9 heteroatoms. The van der Waals surface area contributed by atoms with Crippen molar-refractivity contribution in [2.45, 2.75) is 13.5 Å². The molecule has 28 heavy (non-hydrogen) atoms. The van der Waals surface area contributed by atoms with Crippen LogP contribution >= 0.6 is 0 Å². The van der Waals surface area contributed by atoms with Crippen molar-refractivity contribution in [3.05, 3.63) is 47.5 Å². The molecule has 1 aromatic carbocycles. The van der Waals surface area contributed by atoms with E-state index in [0.29, 0.717) is 24.7 Å². The summed E-state index contributed by atoms with van der Waals surface area (Å²) in [6.45, 7) is 5.88. The Balaban J connectivity index is 1.23. The molecule has 1 saturated heterocycles. The van der Waals surface area contributed by atoms with E-state index in [1.807, 2.05) is 30.0 Å². The molecule has 3 aromatic rings. The van der Waals surface area contributed by atoms with E-state index >= 15 is 0 Å². The minimum atomic E-state index is -0.110. The van der Waals surface area contributed by atoms with Crippen molar-refractivity contribution >= 4 is 11.7 Å². The quantitative estimate of drug-likeness (QED) is 0.673. The van der Waals surface area contributed by atoms with Gasteiger partial charge < -0.3 is 14.4 Å². The summed E-state index contributed by atoms with van der Waals surface area (Å²) >= 11 is 0. The van der Waals surface area contributed by atoms with Gasteiger partial charge in [-0.25, -0.2) is 4.98 Å². The molecule has 2 aliphatic rings. The molecule has 0 aliphatic carbocycles. The third kappa shape index (κ3) is 3.03. The standard InChI is InChI=1S/C19H20N6O3/c1-13-4-5-25-17(21-22-19(25)20-13)18(26)24-8-6-23(7-9-24)11-14-2-3-15-16(10-14)28-12-27-15/h2-5,10H,6-9,11-12H2,1H3. The number of aryl methyl sites for hydroxylation is 1. The van der Waals surface area contributed by atoms with E-state index in [2.05, 4.69) is 26.1 Å². The lowest BCUT2D eigenvalue weighted by atomic mass is 10.1. The lowest BCUT2D eigenvalue weighted by molar-refractivity contribution is 0.0615. The predicted octanol–water partition coefficient (Wildman–Crippen LogP) is 1.12. The Labute approximate surface area is 161 Å². The van der Waals surface area contributed by atoms with Crippen molar-refractivity contribution < 1.29 is 14.3 Å². The average Bonchev–Trinajstić information content (AvgIpc) is 3.34. The van der Waals surface area contributed by atoms with E-state index in [1.165, 1.54) is 5.56 Å². The molecule has 0 spiro atoms. The zero-order chi connectivity index (χ0) is 19.1. The summed E-state index contributed by atoms with van der Waals surface area (Å²) in [5.74, 6) is 2.25. The molecule has 0 unspecified atom stereocenters. The Morgan fingerprint density at radius 1 is 1.07 bits per heavy atom. The van der Waals surface area contributed by atoms with Gasteiger partial charge in [0.25, 0.3) is 11.7 Å². The van der Waals surface area contributed by atoms with Crippen molar-refractivity contribution in [1.29, 1.82) is 0 Å². The van der Waals surface area contributed by atoms with Crippen LogP contribution in [0.5, 0.6) is 11.5 Å². The first kappa shape index (κ1) is 16.9. The maximum atomic E-state index is 12.9. The molecule has 2 aromatic heterocycles.